The zero-order valence-corrected chi connectivity index (χ0v) is 15.7. The van der Waals surface area contributed by atoms with Crippen LogP contribution in [0.15, 0.2) is 30.3 Å². The van der Waals surface area contributed by atoms with Crippen molar-refractivity contribution in [1.82, 2.24) is 0 Å². The van der Waals surface area contributed by atoms with Gasteiger partial charge < -0.3 is 28.4 Å². The van der Waals surface area contributed by atoms with Crippen LogP contribution < -0.4 is 23.7 Å². The van der Waals surface area contributed by atoms with Crippen molar-refractivity contribution in [3.63, 3.8) is 0 Å². The van der Waals surface area contributed by atoms with Crippen molar-refractivity contribution in [3.05, 3.63) is 41.5 Å². The molecule has 144 valence electrons. The highest BCUT2D eigenvalue weighted by Crippen LogP contribution is 2.35. The maximum absolute atomic E-state index is 12.6. The maximum Gasteiger partial charge on any atom is 0.345 e. The molecule has 0 fully saturated rings. The predicted molar refractivity (Wildman–Crippen MR) is 95.4 cm³/mol. The molecule has 0 aliphatic rings. The molecule has 0 spiro atoms. The number of carbonyl (C=O) groups is 2. The Balaban J connectivity index is 2.46. The first-order valence-corrected chi connectivity index (χ1v) is 7.77. The standard InChI is InChI=1S/C19H20O8/c1-22-12-9-15(25-4)17(19(21)26-5)16(10-12)27-18(20)11-6-7-13(23-2)14(8-11)24-3/h6-10H,1-5H3. The van der Waals surface area contributed by atoms with Gasteiger partial charge in [0.05, 0.1) is 41.1 Å². The Morgan fingerprint density at radius 1 is 0.667 bits per heavy atom. The molecule has 8 heteroatoms. The molecule has 0 bridgehead atoms. The predicted octanol–water partition coefficient (Wildman–Crippen LogP) is 2.73. The molecule has 0 saturated heterocycles. The van der Waals surface area contributed by atoms with Crippen LogP contribution >= 0.6 is 0 Å². The van der Waals surface area contributed by atoms with E-state index in [1.54, 1.807) is 6.07 Å². The van der Waals surface area contributed by atoms with E-state index in [1.165, 1.54) is 59.8 Å². The summed E-state index contributed by atoms with van der Waals surface area (Å²) >= 11 is 0. The van der Waals surface area contributed by atoms with Gasteiger partial charge in [0.1, 0.15) is 17.1 Å². The van der Waals surface area contributed by atoms with E-state index >= 15 is 0 Å². The molecule has 2 aromatic carbocycles. The fourth-order valence-electron chi connectivity index (χ4n) is 2.35. The molecule has 0 amide bonds. The molecule has 8 nitrogen and oxygen atoms in total. The second kappa shape index (κ2) is 8.79. The summed E-state index contributed by atoms with van der Waals surface area (Å²) in [4.78, 5) is 24.7. The third-order valence-electron chi connectivity index (χ3n) is 3.71. The highest BCUT2D eigenvalue weighted by molar-refractivity contribution is 5.98. The van der Waals surface area contributed by atoms with Crippen LogP contribution in [0.5, 0.6) is 28.7 Å². The van der Waals surface area contributed by atoms with E-state index in [4.69, 9.17) is 28.4 Å². The van der Waals surface area contributed by atoms with Gasteiger partial charge in [0.25, 0.3) is 0 Å². The zero-order valence-electron chi connectivity index (χ0n) is 15.7. The summed E-state index contributed by atoms with van der Waals surface area (Å²) in [6.45, 7) is 0. The quantitative estimate of drug-likeness (QED) is 0.538. The number of hydrogen-bond donors (Lipinski definition) is 0. The lowest BCUT2D eigenvalue weighted by atomic mass is 10.1. The van der Waals surface area contributed by atoms with Crippen molar-refractivity contribution < 1.29 is 38.0 Å². The number of benzene rings is 2. The van der Waals surface area contributed by atoms with Crippen LogP contribution in [0.3, 0.4) is 0 Å². The van der Waals surface area contributed by atoms with E-state index in [-0.39, 0.29) is 22.6 Å². The monoisotopic (exact) mass is 376 g/mol. The summed E-state index contributed by atoms with van der Waals surface area (Å²) in [6, 6.07) is 7.44. The first-order chi connectivity index (χ1) is 13.0. The fourth-order valence-corrected chi connectivity index (χ4v) is 2.35. The van der Waals surface area contributed by atoms with E-state index in [9.17, 15) is 9.59 Å². The molecule has 0 unspecified atom stereocenters. The van der Waals surface area contributed by atoms with Gasteiger partial charge in [0.2, 0.25) is 0 Å². The van der Waals surface area contributed by atoms with Gasteiger partial charge in [-0.3, -0.25) is 0 Å². The van der Waals surface area contributed by atoms with Crippen LogP contribution in [-0.2, 0) is 4.74 Å². The van der Waals surface area contributed by atoms with Gasteiger partial charge in [-0.2, -0.15) is 0 Å². The molecule has 0 aliphatic heterocycles. The third kappa shape index (κ3) is 4.22. The second-order valence-corrected chi connectivity index (χ2v) is 5.15. The summed E-state index contributed by atoms with van der Waals surface area (Å²) < 4.78 is 30.9. The van der Waals surface area contributed by atoms with Gasteiger partial charge in [-0.05, 0) is 18.2 Å². The summed E-state index contributed by atoms with van der Waals surface area (Å²) in [7, 11) is 6.97. The molecule has 0 saturated carbocycles. The van der Waals surface area contributed by atoms with Crippen molar-refractivity contribution in [1.29, 1.82) is 0 Å². The minimum Gasteiger partial charge on any atom is -0.496 e. The lowest BCUT2D eigenvalue weighted by Crippen LogP contribution is -2.14. The van der Waals surface area contributed by atoms with Crippen LogP contribution in [0, 0.1) is 0 Å². The molecule has 0 radical (unpaired) electrons. The van der Waals surface area contributed by atoms with Crippen molar-refractivity contribution in [2.45, 2.75) is 0 Å². The molecular formula is C19H20O8. The second-order valence-electron chi connectivity index (χ2n) is 5.15. The fraction of sp³-hybridized carbons (Fsp3) is 0.263. The van der Waals surface area contributed by atoms with E-state index in [0.717, 1.165) is 0 Å². The Hall–Kier alpha value is -3.42. The van der Waals surface area contributed by atoms with Gasteiger partial charge in [0, 0.05) is 12.1 Å². The molecule has 0 heterocycles. The highest BCUT2D eigenvalue weighted by atomic mass is 16.6. The highest BCUT2D eigenvalue weighted by Gasteiger charge is 2.24. The average Bonchev–Trinajstić information content (AvgIpc) is 2.71. The van der Waals surface area contributed by atoms with E-state index < -0.39 is 11.9 Å². The molecule has 0 N–H and O–H groups in total. The van der Waals surface area contributed by atoms with Crippen molar-refractivity contribution in [3.8, 4) is 28.7 Å². The lowest BCUT2D eigenvalue weighted by molar-refractivity contribution is 0.0589. The van der Waals surface area contributed by atoms with Crippen LogP contribution in [0.2, 0.25) is 0 Å². The van der Waals surface area contributed by atoms with Gasteiger partial charge in [-0.15, -0.1) is 0 Å². The number of ether oxygens (including phenoxy) is 6. The van der Waals surface area contributed by atoms with Crippen LogP contribution in [0.4, 0.5) is 0 Å². The van der Waals surface area contributed by atoms with Crippen molar-refractivity contribution >= 4 is 11.9 Å². The Kier molecular flexibility index (Phi) is 6.48. The lowest BCUT2D eigenvalue weighted by Gasteiger charge is -2.15. The number of carbonyl (C=O) groups excluding carboxylic acids is 2. The van der Waals surface area contributed by atoms with Gasteiger partial charge in [-0.25, -0.2) is 9.59 Å². The van der Waals surface area contributed by atoms with Crippen LogP contribution in [0.25, 0.3) is 0 Å². The minimum absolute atomic E-state index is 0.0328. The molecule has 2 aromatic rings. The van der Waals surface area contributed by atoms with Crippen LogP contribution in [0.1, 0.15) is 20.7 Å². The first kappa shape index (κ1) is 19.9. The number of methoxy groups -OCH3 is 5. The summed E-state index contributed by atoms with van der Waals surface area (Å²) in [5.41, 5.74) is 0.167. The average molecular weight is 376 g/mol. The summed E-state index contributed by atoms with van der Waals surface area (Å²) in [5.74, 6) is -0.166. The van der Waals surface area contributed by atoms with Gasteiger partial charge >= 0.3 is 11.9 Å². The number of rotatable bonds is 7. The Bertz CT molecular complexity index is 844. The zero-order chi connectivity index (χ0) is 20.0. The van der Waals surface area contributed by atoms with Crippen molar-refractivity contribution in [2.24, 2.45) is 0 Å². The van der Waals surface area contributed by atoms with E-state index in [1.807, 2.05) is 0 Å². The third-order valence-corrected chi connectivity index (χ3v) is 3.71. The molecule has 0 aliphatic carbocycles. The largest absolute Gasteiger partial charge is 0.496 e. The van der Waals surface area contributed by atoms with E-state index in [0.29, 0.717) is 17.2 Å². The van der Waals surface area contributed by atoms with E-state index in [2.05, 4.69) is 0 Å². The molecular weight excluding hydrogens is 356 g/mol. The normalized spacial score (nSPS) is 9.96. The molecule has 0 atom stereocenters. The van der Waals surface area contributed by atoms with Crippen molar-refractivity contribution in [2.75, 3.05) is 35.5 Å². The maximum atomic E-state index is 12.6. The SMILES string of the molecule is COC(=O)c1c(OC)cc(OC)cc1OC(=O)c1ccc(OC)c(OC)c1. The van der Waals surface area contributed by atoms with Crippen LogP contribution in [-0.4, -0.2) is 47.5 Å². The Morgan fingerprint density at radius 3 is 1.85 bits per heavy atom. The smallest absolute Gasteiger partial charge is 0.345 e. The summed E-state index contributed by atoms with van der Waals surface area (Å²) in [5, 5.41) is 0. The minimum atomic E-state index is -0.718. The van der Waals surface area contributed by atoms with Gasteiger partial charge in [-0.1, -0.05) is 0 Å². The Morgan fingerprint density at radius 2 is 1.30 bits per heavy atom. The topological polar surface area (TPSA) is 89.5 Å². The molecule has 2 rings (SSSR count). The molecule has 0 aromatic heterocycles. The molecule has 27 heavy (non-hydrogen) atoms. The first-order valence-electron chi connectivity index (χ1n) is 7.77. The van der Waals surface area contributed by atoms with Gasteiger partial charge in [0.15, 0.2) is 17.2 Å². The number of hydrogen-bond acceptors (Lipinski definition) is 8. The summed E-state index contributed by atoms with van der Waals surface area (Å²) in [6.07, 6.45) is 0. The number of esters is 2. The Labute approximate surface area is 156 Å².